The number of nitrogens with zero attached hydrogens (tertiary/aromatic N) is 1. The van der Waals surface area contributed by atoms with Crippen molar-refractivity contribution in [2.75, 3.05) is 4.72 Å². The molecule has 0 saturated carbocycles. The number of nitrogens with one attached hydrogen (secondary N) is 1. The van der Waals surface area contributed by atoms with Gasteiger partial charge in [0.1, 0.15) is 0 Å². The molecular formula is C13H13ClN2O3S. The number of hydrogen-bond acceptors (Lipinski definition) is 3. The third kappa shape index (κ3) is 3.02. The van der Waals surface area contributed by atoms with E-state index in [1.807, 2.05) is 0 Å². The van der Waals surface area contributed by atoms with Crippen molar-refractivity contribution >= 4 is 27.3 Å². The van der Waals surface area contributed by atoms with E-state index in [2.05, 4.69) is 4.72 Å². The zero-order chi connectivity index (χ0) is 14.9. The number of hydrogen-bond donors (Lipinski definition) is 1. The zero-order valence-corrected chi connectivity index (χ0v) is 12.5. The quantitative estimate of drug-likeness (QED) is 0.944. The summed E-state index contributed by atoms with van der Waals surface area (Å²) in [7, 11) is -2.17. The number of sulfonamides is 1. The summed E-state index contributed by atoms with van der Waals surface area (Å²) in [6, 6.07) is 7.26. The summed E-state index contributed by atoms with van der Waals surface area (Å²) in [4.78, 5) is 11.4. The van der Waals surface area contributed by atoms with Gasteiger partial charge in [-0.3, -0.25) is 9.52 Å². The van der Waals surface area contributed by atoms with Gasteiger partial charge in [0.15, 0.2) is 0 Å². The van der Waals surface area contributed by atoms with Crippen molar-refractivity contribution < 1.29 is 8.42 Å². The van der Waals surface area contributed by atoms with Gasteiger partial charge in [-0.25, -0.2) is 8.42 Å². The number of benzene rings is 1. The minimum absolute atomic E-state index is 0.149. The highest BCUT2D eigenvalue weighted by Crippen LogP contribution is 2.21. The second kappa shape index (κ2) is 5.30. The van der Waals surface area contributed by atoms with E-state index >= 15 is 0 Å². The highest BCUT2D eigenvalue weighted by atomic mass is 35.5. The molecule has 0 fully saturated rings. The van der Waals surface area contributed by atoms with Gasteiger partial charge in [0.2, 0.25) is 5.56 Å². The van der Waals surface area contributed by atoms with Crippen LogP contribution in [0.2, 0.25) is 5.02 Å². The Balaban J connectivity index is 2.40. The Kier molecular flexibility index (Phi) is 3.87. The molecule has 1 aromatic heterocycles. The summed E-state index contributed by atoms with van der Waals surface area (Å²) < 4.78 is 28.3. The van der Waals surface area contributed by atoms with E-state index in [0.29, 0.717) is 16.3 Å². The van der Waals surface area contributed by atoms with E-state index in [1.165, 1.54) is 35.0 Å². The lowest BCUT2D eigenvalue weighted by atomic mass is 10.2. The number of pyridine rings is 1. The van der Waals surface area contributed by atoms with E-state index < -0.39 is 10.0 Å². The first-order valence-corrected chi connectivity index (χ1v) is 7.61. The summed E-state index contributed by atoms with van der Waals surface area (Å²) >= 11 is 5.81. The Hall–Kier alpha value is -1.79. The molecule has 2 aromatic rings. The van der Waals surface area contributed by atoms with Crippen molar-refractivity contribution in [1.29, 1.82) is 0 Å². The van der Waals surface area contributed by atoms with Gasteiger partial charge < -0.3 is 4.57 Å². The molecule has 1 heterocycles. The number of anilines is 1. The highest BCUT2D eigenvalue weighted by molar-refractivity contribution is 7.92. The summed E-state index contributed by atoms with van der Waals surface area (Å²) in [5, 5.41) is 0.476. The molecule has 0 bridgehead atoms. The molecule has 0 aliphatic heterocycles. The smallest absolute Gasteiger partial charge is 0.262 e. The van der Waals surface area contributed by atoms with Crippen molar-refractivity contribution in [1.82, 2.24) is 4.57 Å². The van der Waals surface area contributed by atoms with Crippen molar-refractivity contribution in [3.05, 3.63) is 57.5 Å². The lowest BCUT2D eigenvalue weighted by Gasteiger charge is -2.11. The molecule has 7 heteroatoms. The number of halogens is 1. The van der Waals surface area contributed by atoms with Crippen LogP contribution in [-0.4, -0.2) is 13.0 Å². The van der Waals surface area contributed by atoms with Crippen LogP contribution in [0.25, 0.3) is 0 Å². The monoisotopic (exact) mass is 312 g/mol. The minimum atomic E-state index is -3.71. The van der Waals surface area contributed by atoms with Crippen LogP contribution < -0.4 is 10.3 Å². The van der Waals surface area contributed by atoms with E-state index in [-0.39, 0.29) is 10.5 Å². The number of aromatic nitrogens is 1. The first-order chi connectivity index (χ1) is 9.29. The van der Waals surface area contributed by atoms with Crippen LogP contribution in [0.15, 0.2) is 46.2 Å². The maximum Gasteiger partial charge on any atom is 0.262 e. The van der Waals surface area contributed by atoms with Gasteiger partial charge in [-0.1, -0.05) is 11.6 Å². The molecule has 0 saturated heterocycles. The molecule has 1 aromatic carbocycles. The van der Waals surface area contributed by atoms with Gasteiger partial charge in [-0.15, -0.1) is 0 Å². The Morgan fingerprint density at radius 1 is 1.20 bits per heavy atom. The van der Waals surface area contributed by atoms with Crippen LogP contribution in [0.3, 0.4) is 0 Å². The Labute approximate surface area is 121 Å². The van der Waals surface area contributed by atoms with E-state index in [9.17, 15) is 13.2 Å². The molecule has 0 radical (unpaired) electrons. The van der Waals surface area contributed by atoms with Crippen LogP contribution in [0.4, 0.5) is 5.69 Å². The maximum absolute atomic E-state index is 12.3. The molecule has 1 N–H and O–H groups in total. The predicted molar refractivity (Wildman–Crippen MR) is 78.7 cm³/mol. The van der Waals surface area contributed by atoms with Gasteiger partial charge >= 0.3 is 0 Å². The summed E-state index contributed by atoms with van der Waals surface area (Å²) in [5.74, 6) is 0. The molecule has 20 heavy (non-hydrogen) atoms. The molecule has 0 amide bonds. The highest BCUT2D eigenvalue weighted by Gasteiger charge is 2.17. The summed E-state index contributed by atoms with van der Waals surface area (Å²) in [5.41, 5.74) is 0.659. The van der Waals surface area contributed by atoms with Crippen molar-refractivity contribution in [3.63, 3.8) is 0 Å². The van der Waals surface area contributed by atoms with Gasteiger partial charge in [0.05, 0.1) is 10.6 Å². The normalized spacial score (nSPS) is 11.3. The molecule has 0 aliphatic carbocycles. The average molecular weight is 313 g/mol. The summed E-state index contributed by atoms with van der Waals surface area (Å²) in [6.45, 7) is 1.67. The topological polar surface area (TPSA) is 68.2 Å². The molecule has 0 unspecified atom stereocenters. The second-order valence-electron chi connectivity index (χ2n) is 4.38. The van der Waals surface area contributed by atoms with Gasteiger partial charge in [0.25, 0.3) is 10.0 Å². The standard InChI is InChI=1S/C13H13ClN2O3S/c1-9-7-10(14)3-5-12(9)20(18,19)15-11-4-6-13(17)16(2)8-11/h3-8,15H,1-2H3. The fraction of sp³-hybridized carbons (Fsp3) is 0.154. The molecule has 2 rings (SSSR count). The fourth-order valence-electron chi connectivity index (χ4n) is 1.78. The second-order valence-corrected chi connectivity index (χ2v) is 6.47. The lowest BCUT2D eigenvalue weighted by molar-refractivity contribution is 0.600. The van der Waals surface area contributed by atoms with Crippen LogP contribution in [0.1, 0.15) is 5.56 Å². The molecule has 106 valence electrons. The van der Waals surface area contributed by atoms with E-state index in [0.717, 1.165) is 0 Å². The first-order valence-electron chi connectivity index (χ1n) is 5.75. The molecular weight excluding hydrogens is 300 g/mol. The molecule has 0 aliphatic rings. The van der Waals surface area contributed by atoms with Gasteiger partial charge in [-0.2, -0.15) is 0 Å². The van der Waals surface area contributed by atoms with E-state index in [1.54, 1.807) is 20.0 Å². The van der Waals surface area contributed by atoms with Crippen molar-refractivity contribution in [2.24, 2.45) is 7.05 Å². The predicted octanol–water partition coefficient (Wildman–Crippen LogP) is 2.15. The van der Waals surface area contributed by atoms with Crippen molar-refractivity contribution in [3.8, 4) is 0 Å². The number of aryl methyl sites for hydroxylation is 2. The molecule has 0 atom stereocenters. The fourth-order valence-corrected chi connectivity index (χ4v) is 3.28. The average Bonchev–Trinajstić information content (AvgIpc) is 2.33. The van der Waals surface area contributed by atoms with E-state index in [4.69, 9.17) is 11.6 Å². The Bertz CT molecular complexity index is 813. The Morgan fingerprint density at radius 2 is 1.90 bits per heavy atom. The van der Waals surface area contributed by atoms with Crippen LogP contribution in [0.5, 0.6) is 0 Å². The molecule has 5 nitrogen and oxygen atoms in total. The Morgan fingerprint density at radius 3 is 2.50 bits per heavy atom. The maximum atomic E-state index is 12.3. The SMILES string of the molecule is Cc1cc(Cl)ccc1S(=O)(=O)Nc1ccc(=O)n(C)c1. The minimum Gasteiger partial charge on any atom is -0.316 e. The first kappa shape index (κ1) is 14.6. The molecule has 0 spiro atoms. The number of rotatable bonds is 3. The lowest BCUT2D eigenvalue weighted by Crippen LogP contribution is -2.18. The zero-order valence-electron chi connectivity index (χ0n) is 10.9. The third-order valence-corrected chi connectivity index (χ3v) is 4.54. The summed E-state index contributed by atoms with van der Waals surface area (Å²) in [6.07, 6.45) is 1.42. The van der Waals surface area contributed by atoms with Crippen LogP contribution in [-0.2, 0) is 17.1 Å². The van der Waals surface area contributed by atoms with Gasteiger partial charge in [-0.05, 0) is 36.8 Å². The van der Waals surface area contributed by atoms with Crippen LogP contribution >= 0.6 is 11.6 Å². The van der Waals surface area contributed by atoms with Gasteiger partial charge in [0, 0.05) is 24.3 Å². The van der Waals surface area contributed by atoms with Crippen LogP contribution in [0, 0.1) is 6.92 Å². The largest absolute Gasteiger partial charge is 0.316 e. The third-order valence-electron chi connectivity index (χ3n) is 2.76. The van der Waals surface area contributed by atoms with Crippen molar-refractivity contribution in [2.45, 2.75) is 11.8 Å².